The lowest BCUT2D eigenvalue weighted by molar-refractivity contribution is 0.0518. The second-order valence-electron chi connectivity index (χ2n) is 6.17. The summed E-state index contributed by atoms with van der Waals surface area (Å²) < 4.78 is 5.24. The number of hydrogen-bond acceptors (Lipinski definition) is 3. The van der Waals surface area contributed by atoms with Crippen molar-refractivity contribution in [3.05, 3.63) is 29.6 Å². The molecule has 112 valence electrons. The molecule has 1 aromatic rings. The summed E-state index contributed by atoms with van der Waals surface area (Å²) in [6.07, 6.45) is 3.44. The molecule has 0 aromatic carbocycles. The summed E-state index contributed by atoms with van der Waals surface area (Å²) in [4.78, 5) is 15.8. The van der Waals surface area contributed by atoms with E-state index in [-0.39, 0.29) is 6.09 Å². The van der Waals surface area contributed by atoms with Crippen LogP contribution in [0.2, 0.25) is 0 Å². The Balaban J connectivity index is 2.46. The van der Waals surface area contributed by atoms with Crippen LogP contribution in [0.4, 0.5) is 4.79 Å². The Bertz CT molecular complexity index is 438. The van der Waals surface area contributed by atoms with Gasteiger partial charge >= 0.3 is 6.09 Å². The normalized spacial score (nSPS) is 12.8. The van der Waals surface area contributed by atoms with E-state index >= 15 is 0 Å². The Morgan fingerprint density at radius 3 is 2.70 bits per heavy atom. The first kappa shape index (κ1) is 16.5. The molecular weight excluding hydrogens is 252 g/mol. The molecule has 0 radical (unpaired) electrons. The zero-order valence-electron chi connectivity index (χ0n) is 13.2. The topological polar surface area (TPSA) is 51.2 Å². The lowest BCUT2D eigenvalue weighted by atomic mass is 9.97. The van der Waals surface area contributed by atoms with E-state index in [0.717, 1.165) is 18.5 Å². The van der Waals surface area contributed by atoms with E-state index in [1.165, 1.54) is 5.56 Å². The molecule has 1 N–H and O–H groups in total. The van der Waals surface area contributed by atoms with Gasteiger partial charge in [0.1, 0.15) is 5.60 Å². The standard InChI is InChI=1S/C16H26N2O2/c1-6-13(10-14-7-8-17-12(2)9-14)11-18-15(19)20-16(3,4)5/h7-9,13H,6,10-11H2,1-5H3,(H,18,19). The number of nitrogens with one attached hydrogen (secondary N) is 1. The summed E-state index contributed by atoms with van der Waals surface area (Å²) in [6, 6.07) is 4.12. The van der Waals surface area contributed by atoms with Crippen LogP contribution in [0.3, 0.4) is 0 Å². The van der Waals surface area contributed by atoms with E-state index in [1.54, 1.807) is 0 Å². The molecule has 0 aliphatic rings. The lowest BCUT2D eigenvalue weighted by Crippen LogP contribution is -2.35. The number of carbonyl (C=O) groups excluding carboxylic acids is 1. The van der Waals surface area contributed by atoms with Gasteiger partial charge in [-0.15, -0.1) is 0 Å². The van der Waals surface area contributed by atoms with Crippen molar-refractivity contribution in [1.82, 2.24) is 10.3 Å². The van der Waals surface area contributed by atoms with Gasteiger partial charge in [-0.1, -0.05) is 13.3 Å². The average Bonchev–Trinajstić information content (AvgIpc) is 2.32. The molecule has 1 heterocycles. The predicted octanol–water partition coefficient (Wildman–Crippen LogP) is 3.48. The molecule has 0 bridgehead atoms. The fraction of sp³-hybridized carbons (Fsp3) is 0.625. The molecule has 1 amide bonds. The van der Waals surface area contributed by atoms with E-state index in [2.05, 4.69) is 23.3 Å². The zero-order valence-corrected chi connectivity index (χ0v) is 13.2. The van der Waals surface area contributed by atoms with E-state index in [4.69, 9.17) is 4.74 Å². The highest BCUT2D eigenvalue weighted by Crippen LogP contribution is 2.12. The summed E-state index contributed by atoms with van der Waals surface area (Å²) in [6.45, 7) is 10.3. The maximum absolute atomic E-state index is 11.6. The largest absolute Gasteiger partial charge is 0.444 e. The van der Waals surface area contributed by atoms with Crippen molar-refractivity contribution in [3.8, 4) is 0 Å². The highest BCUT2D eigenvalue weighted by Gasteiger charge is 2.17. The molecule has 1 atom stereocenters. The first-order valence-corrected chi connectivity index (χ1v) is 7.18. The van der Waals surface area contributed by atoms with Gasteiger partial charge in [0.25, 0.3) is 0 Å². The van der Waals surface area contributed by atoms with Gasteiger partial charge in [0.15, 0.2) is 0 Å². The van der Waals surface area contributed by atoms with Crippen LogP contribution in [-0.2, 0) is 11.2 Å². The molecule has 0 spiro atoms. The maximum atomic E-state index is 11.6. The van der Waals surface area contributed by atoms with Gasteiger partial charge in [-0.05, 0) is 57.7 Å². The molecule has 20 heavy (non-hydrogen) atoms. The molecule has 1 unspecified atom stereocenters. The minimum atomic E-state index is -0.450. The lowest BCUT2D eigenvalue weighted by Gasteiger charge is -2.21. The number of carbonyl (C=O) groups is 1. The Hall–Kier alpha value is -1.58. The van der Waals surface area contributed by atoms with E-state index in [9.17, 15) is 4.79 Å². The number of aryl methyl sites for hydroxylation is 1. The van der Waals surface area contributed by atoms with Crippen molar-refractivity contribution in [2.24, 2.45) is 5.92 Å². The minimum Gasteiger partial charge on any atom is -0.444 e. The zero-order chi connectivity index (χ0) is 15.2. The second-order valence-corrected chi connectivity index (χ2v) is 6.17. The van der Waals surface area contributed by atoms with E-state index < -0.39 is 5.60 Å². The van der Waals surface area contributed by atoms with Crippen molar-refractivity contribution in [2.45, 2.75) is 53.1 Å². The quantitative estimate of drug-likeness (QED) is 0.897. The summed E-state index contributed by atoms with van der Waals surface area (Å²) in [5.41, 5.74) is 1.83. The van der Waals surface area contributed by atoms with E-state index in [1.807, 2.05) is 40.0 Å². The minimum absolute atomic E-state index is 0.346. The van der Waals surface area contributed by atoms with Crippen LogP contribution >= 0.6 is 0 Å². The van der Waals surface area contributed by atoms with Crippen LogP contribution in [0.1, 0.15) is 45.4 Å². The van der Waals surface area contributed by atoms with Crippen molar-refractivity contribution < 1.29 is 9.53 Å². The van der Waals surface area contributed by atoms with Crippen LogP contribution in [0, 0.1) is 12.8 Å². The van der Waals surface area contributed by atoms with Gasteiger partial charge in [-0.2, -0.15) is 0 Å². The van der Waals surface area contributed by atoms with Gasteiger partial charge in [-0.3, -0.25) is 4.98 Å². The van der Waals surface area contributed by atoms with E-state index in [0.29, 0.717) is 12.5 Å². The second kappa shape index (κ2) is 7.27. The third-order valence-corrected chi connectivity index (χ3v) is 3.00. The fourth-order valence-corrected chi connectivity index (χ4v) is 1.97. The number of rotatable bonds is 5. The van der Waals surface area contributed by atoms with Crippen molar-refractivity contribution in [3.63, 3.8) is 0 Å². The molecule has 0 aliphatic carbocycles. The Labute approximate surface area is 121 Å². The fourth-order valence-electron chi connectivity index (χ4n) is 1.97. The number of pyridine rings is 1. The van der Waals surface area contributed by atoms with Crippen molar-refractivity contribution >= 4 is 6.09 Å². The highest BCUT2D eigenvalue weighted by atomic mass is 16.6. The maximum Gasteiger partial charge on any atom is 0.407 e. The Morgan fingerprint density at radius 2 is 2.15 bits per heavy atom. The van der Waals surface area contributed by atoms with Crippen LogP contribution in [-0.4, -0.2) is 23.2 Å². The molecule has 0 aliphatic heterocycles. The summed E-state index contributed by atoms with van der Waals surface area (Å²) >= 11 is 0. The summed E-state index contributed by atoms with van der Waals surface area (Å²) in [5, 5.41) is 2.85. The highest BCUT2D eigenvalue weighted by molar-refractivity contribution is 5.67. The first-order chi connectivity index (χ1) is 9.30. The third kappa shape index (κ3) is 6.55. The molecule has 4 nitrogen and oxygen atoms in total. The van der Waals surface area contributed by atoms with Crippen LogP contribution < -0.4 is 5.32 Å². The van der Waals surface area contributed by atoms with Crippen LogP contribution in [0.5, 0.6) is 0 Å². The van der Waals surface area contributed by atoms with Crippen molar-refractivity contribution in [2.75, 3.05) is 6.54 Å². The third-order valence-electron chi connectivity index (χ3n) is 3.00. The number of ether oxygens (including phenoxy) is 1. The molecule has 1 aromatic heterocycles. The monoisotopic (exact) mass is 278 g/mol. The van der Waals surface area contributed by atoms with Crippen molar-refractivity contribution in [1.29, 1.82) is 0 Å². The van der Waals surface area contributed by atoms with Gasteiger partial charge in [0.05, 0.1) is 0 Å². The smallest absolute Gasteiger partial charge is 0.407 e. The molecule has 0 saturated carbocycles. The number of amides is 1. The van der Waals surface area contributed by atoms with Crippen LogP contribution in [0.15, 0.2) is 18.3 Å². The van der Waals surface area contributed by atoms with Gasteiger partial charge in [0.2, 0.25) is 0 Å². The Kier molecular flexibility index (Phi) is 5.99. The van der Waals surface area contributed by atoms with Gasteiger partial charge in [0, 0.05) is 18.4 Å². The van der Waals surface area contributed by atoms with Crippen LogP contribution in [0.25, 0.3) is 0 Å². The molecule has 4 heteroatoms. The number of alkyl carbamates (subject to hydrolysis) is 1. The molecule has 1 rings (SSSR count). The summed E-state index contributed by atoms with van der Waals surface area (Å²) in [5.74, 6) is 0.407. The number of hydrogen-bond donors (Lipinski definition) is 1. The average molecular weight is 278 g/mol. The number of aromatic nitrogens is 1. The number of nitrogens with zero attached hydrogens (tertiary/aromatic N) is 1. The first-order valence-electron chi connectivity index (χ1n) is 7.18. The Morgan fingerprint density at radius 1 is 1.45 bits per heavy atom. The predicted molar refractivity (Wildman–Crippen MR) is 80.7 cm³/mol. The van der Waals surface area contributed by atoms with Gasteiger partial charge < -0.3 is 10.1 Å². The molecule has 0 saturated heterocycles. The molecule has 0 fully saturated rings. The van der Waals surface area contributed by atoms with Gasteiger partial charge in [-0.25, -0.2) is 4.79 Å². The SMILES string of the molecule is CCC(CNC(=O)OC(C)(C)C)Cc1ccnc(C)c1. The summed E-state index contributed by atoms with van der Waals surface area (Å²) in [7, 11) is 0. The molecular formula is C16H26N2O2.